The van der Waals surface area contributed by atoms with Gasteiger partial charge in [0, 0.05) is 6.20 Å². The normalized spacial score (nSPS) is 16.6. The van der Waals surface area contributed by atoms with E-state index in [9.17, 15) is 4.79 Å². The molecule has 3 rings (SSSR count). The van der Waals surface area contributed by atoms with E-state index >= 15 is 0 Å². The van der Waals surface area contributed by atoms with Crippen LogP contribution in [0.25, 0.3) is 6.08 Å². The molecule has 110 valence electrons. The highest BCUT2D eigenvalue weighted by Crippen LogP contribution is 2.37. The van der Waals surface area contributed by atoms with Crippen LogP contribution in [0.2, 0.25) is 10.0 Å². The van der Waals surface area contributed by atoms with Gasteiger partial charge in [-0.05, 0) is 36.4 Å². The Morgan fingerprint density at radius 3 is 2.68 bits per heavy atom. The first kappa shape index (κ1) is 15.5. The molecule has 0 aliphatic carbocycles. The van der Waals surface area contributed by atoms with Crippen LogP contribution < -0.4 is 4.90 Å². The molecule has 22 heavy (non-hydrogen) atoms. The molecule has 0 saturated carbocycles. The lowest BCUT2D eigenvalue weighted by Gasteiger charge is -2.15. The minimum atomic E-state index is -0.195. The molecule has 7 heteroatoms. The predicted octanol–water partition coefficient (Wildman–Crippen LogP) is 4.79. The smallest absolute Gasteiger partial charge is 0.268 e. The van der Waals surface area contributed by atoms with Crippen LogP contribution in [0.1, 0.15) is 5.69 Å². The fraction of sp³-hybridized carbons (Fsp3) is 0. The van der Waals surface area contributed by atoms with Crippen molar-refractivity contribution < 1.29 is 4.79 Å². The third-order valence-corrected chi connectivity index (χ3v) is 4.96. The number of halogens is 2. The van der Waals surface area contributed by atoms with Gasteiger partial charge in [0.15, 0.2) is 4.32 Å². The fourth-order valence-electron chi connectivity index (χ4n) is 1.91. The third-order valence-electron chi connectivity index (χ3n) is 2.92. The van der Waals surface area contributed by atoms with Gasteiger partial charge >= 0.3 is 0 Å². The van der Waals surface area contributed by atoms with Crippen LogP contribution >= 0.6 is 47.2 Å². The zero-order valence-electron chi connectivity index (χ0n) is 11.0. The van der Waals surface area contributed by atoms with Crippen LogP contribution in [-0.2, 0) is 4.79 Å². The van der Waals surface area contributed by atoms with Crippen molar-refractivity contribution in [3.05, 3.63) is 63.2 Å². The predicted molar refractivity (Wildman–Crippen MR) is 96.4 cm³/mol. The number of carbonyl (C=O) groups excluding carboxylic acids is 1. The van der Waals surface area contributed by atoms with Gasteiger partial charge in [0.1, 0.15) is 0 Å². The van der Waals surface area contributed by atoms with E-state index in [0.717, 1.165) is 0 Å². The quantitative estimate of drug-likeness (QED) is 0.564. The molecule has 2 aromatic rings. The highest BCUT2D eigenvalue weighted by atomic mass is 35.5. The van der Waals surface area contributed by atoms with Crippen molar-refractivity contribution in [1.82, 2.24) is 4.98 Å². The average Bonchev–Trinajstić information content (AvgIpc) is 2.78. The minimum Gasteiger partial charge on any atom is -0.268 e. The maximum absolute atomic E-state index is 12.6. The number of hydrogen-bond acceptors (Lipinski definition) is 4. The van der Waals surface area contributed by atoms with E-state index in [4.69, 9.17) is 35.4 Å². The Bertz CT molecular complexity index is 793. The van der Waals surface area contributed by atoms with E-state index in [1.54, 1.807) is 30.5 Å². The average molecular weight is 367 g/mol. The van der Waals surface area contributed by atoms with Gasteiger partial charge in [-0.2, -0.15) is 0 Å². The summed E-state index contributed by atoms with van der Waals surface area (Å²) in [6.45, 7) is 0. The molecule has 1 fully saturated rings. The molecular formula is C15H8Cl2N2OS2. The third kappa shape index (κ3) is 3.03. The number of aromatic nitrogens is 1. The summed E-state index contributed by atoms with van der Waals surface area (Å²) in [6, 6.07) is 10.5. The molecule has 0 unspecified atom stereocenters. The Kier molecular flexibility index (Phi) is 4.49. The first-order chi connectivity index (χ1) is 10.6. The number of hydrogen-bond donors (Lipinski definition) is 0. The summed E-state index contributed by atoms with van der Waals surface area (Å²) >= 11 is 18.4. The molecular weight excluding hydrogens is 359 g/mol. The van der Waals surface area contributed by atoms with Crippen molar-refractivity contribution >= 4 is 69.2 Å². The van der Waals surface area contributed by atoms with Crippen LogP contribution in [0.15, 0.2) is 47.5 Å². The molecule has 0 spiro atoms. The Morgan fingerprint density at radius 2 is 2.00 bits per heavy atom. The van der Waals surface area contributed by atoms with Crippen LogP contribution in [0.3, 0.4) is 0 Å². The molecule has 3 nitrogen and oxygen atoms in total. The summed E-state index contributed by atoms with van der Waals surface area (Å²) in [5.74, 6) is -0.195. The second-order valence-electron chi connectivity index (χ2n) is 4.37. The fourth-order valence-corrected chi connectivity index (χ4v) is 3.49. The Morgan fingerprint density at radius 1 is 1.18 bits per heavy atom. The van der Waals surface area contributed by atoms with E-state index in [1.807, 2.05) is 18.2 Å². The van der Waals surface area contributed by atoms with Crippen LogP contribution in [0, 0.1) is 0 Å². The van der Waals surface area contributed by atoms with Crippen molar-refractivity contribution in [1.29, 1.82) is 0 Å². The van der Waals surface area contributed by atoms with E-state index in [2.05, 4.69) is 4.98 Å². The molecule has 0 atom stereocenters. The van der Waals surface area contributed by atoms with Crippen molar-refractivity contribution in [2.45, 2.75) is 0 Å². The minimum absolute atomic E-state index is 0.195. The van der Waals surface area contributed by atoms with E-state index in [1.165, 1.54) is 16.7 Å². The summed E-state index contributed by atoms with van der Waals surface area (Å²) < 4.78 is 0.450. The lowest BCUT2D eigenvalue weighted by Crippen LogP contribution is -2.27. The van der Waals surface area contributed by atoms with Crippen molar-refractivity contribution in [3.63, 3.8) is 0 Å². The molecule has 1 saturated heterocycles. The number of pyridine rings is 1. The second kappa shape index (κ2) is 6.38. The largest absolute Gasteiger partial charge is 0.270 e. The second-order valence-corrected chi connectivity index (χ2v) is 6.86. The molecule has 1 aromatic heterocycles. The molecule has 1 aromatic carbocycles. The van der Waals surface area contributed by atoms with Crippen molar-refractivity contribution in [3.8, 4) is 0 Å². The number of amides is 1. The highest BCUT2D eigenvalue weighted by molar-refractivity contribution is 8.27. The lowest BCUT2D eigenvalue weighted by molar-refractivity contribution is -0.113. The van der Waals surface area contributed by atoms with Gasteiger partial charge in [0.2, 0.25) is 0 Å². The van der Waals surface area contributed by atoms with Gasteiger partial charge in [-0.3, -0.25) is 14.7 Å². The number of thioether (sulfide) groups is 1. The summed E-state index contributed by atoms with van der Waals surface area (Å²) in [4.78, 5) is 18.7. The topological polar surface area (TPSA) is 33.2 Å². The van der Waals surface area contributed by atoms with Crippen LogP contribution in [0.5, 0.6) is 0 Å². The molecule has 1 aliphatic rings. The van der Waals surface area contributed by atoms with Crippen molar-refractivity contribution in [2.24, 2.45) is 0 Å². The Labute approximate surface area is 146 Å². The van der Waals surface area contributed by atoms with E-state index in [-0.39, 0.29) is 5.91 Å². The van der Waals surface area contributed by atoms with Crippen LogP contribution in [-0.4, -0.2) is 15.2 Å². The van der Waals surface area contributed by atoms with Crippen LogP contribution in [0.4, 0.5) is 5.69 Å². The van der Waals surface area contributed by atoms with Gasteiger partial charge in [-0.15, -0.1) is 0 Å². The first-order valence-electron chi connectivity index (χ1n) is 6.20. The van der Waals surface area contributed by atoms with E-state index in [0.29, 0.717) is 30.7 Å². The molecule has 1 amide bonds. The van der Waals surface area contributed by atoms with Gasteiger partial charge in [0.25, 0.3) is 5.91 Å². The molecule has 1 aliphatic heterocycles. The van der Waals surface area contributed by atoms with Crippen molar-refractivity contribution in [2.75, 3.05) is 4.90 Å². The summed E-state index contributed by atoms with van der Waals surface area (Å²) in [7, 11) is 0. The summed E-state index contributed by atoms with van der Waals surface area (Å²) in [6.07, 6.45) is 3.39. The van der Waals surface area contributed by atoms with Gasteiger partial charge in [0.05, 0.1) is 26.3 Å². The SMILES string of the molecule is O=C1/C(=C/c2ccccn2)SC(=S)N1c1ccc(Cl)c(Cl)c1. The number of benzene rings is 1. The zero-order valence-corrected chi connectivity index (χ0v) is 14.1. The Balaban J connectivity index is 1.95. The maximum atomic E-state index is 12.6. The highest BCUT2D eigenvalue weighted by Gasteiger charge is 2.33. The van der Waals surface area contributed by atoms with Gasteiger partial charge < -0.3 is 0 Å². The summed E-state index contributed by atoms with van der Waals surface area (Å²) in [5.41, 5.74) is 1.30. The number of thiocarbonyl (C=S) groups is 1. The number of rotatable bonds is 2. The standard InChI is InChI=1S/C15H8Cl2N2OS2/c16-11-5-4-10(8-12(11)17)19-14(20)13(22-15(19)21)7-9-3-1-2-6-18-9/h1-8H/b13-7-. The lowest BCUT2D eigenvalue weighted by atomic mass is 10.2. The monoisotopic (exact) mass is 366 g/mol. The zero-order chi connectivity index (χ0) is 15.7. The summed E-state index contributed by atoms with van der Waals surface area (Å²) in [5, 5.41) is 0.807. The first-order valence-corrected chi connectivity index (χ1v) is 8.18. The maximum Gasteiger partial charge on any atom is 0.270 e. The Hall–Kier alpha value is -1.40. The molecule has 2 heterocycles. The number of nitrogens with zero attached hydrogens (tertiary/aromatic N) is 2. The molecule has 0 bridgehead atoms. The number of carbonyl (C=O) groups is 1. The molecule has 0 radical (unpaired) electrons. The van der Waals surface area contributed by atoms with E-state index < -0.39 is 0 Å². The molecule has 0 N–H and O–H groups in total. The number of anilines is 1. The van der Waals surface area contributed by atoms with Gasteiger partial charge in [-0.25, -0.2) is 0 Å². The van der Waals surface area contributed by atoms with Gasteiger partial charge in [-0.1, -0.05) is 53.2 Å².